The van der Waals surface area contributed by atoms with Crippen LogP contribution < -0.4 is 22.3 Å². The van der Waals surface area contributed by atoms with E-state index in [9.17, 15) is 42.1 Å². The number of nitrogens with two attached hydrogens (primary N) is 2. The van der Waals surface area contributed by atoms with Crippen molar-refractivity contribution in [3.63, 3.8) is 0 Å². The van der Waals surface area contributed by atoms with Crippen LogP contribution in [0.5, 0.6) is 0 Å². The summed E-state index contributed by atoms with van der Waals surface area (Å²) in [5, 5.41) is 2.62. The highest BCUT2D eigenvalue weighted by atomic mass is 35.5. The van der Waals surface area contributed by atoms with E-state index in [4.69, 9.17) is 39.6 Å². The zero-order valence-electron chi connectivity index (χ0n) is 46.2. The summed E-state index contributed by atoms with van der Waals surface area (Å²) in [6.07, 6.45) is 7.86. The summed E-state index contributed by atoms with van der Waals surface area (Å²) in [6, 6.07) is 37.3. The van der Waals surface area contributed by atoms with Crippen molar-refractivity contribution in [3.8, 4) is 0 Å². The summed E-state index contributed by atoms with van der Waals surface area (Å²) in [4.78, 5) is 85.0. The Labute approximate surface area is 489 Å². The molecule has 4 amide bonds. The number of carbonyl (C=O) groups is 6. The number of halogens is 4. The summed E-state index contributed by atoms with van der Waals surface area (Å²) in [7, 11) is 2.89. The molecule has 0 saturated carbocycles. The number of nitrogens with one attached hydrogen (secondary N) is 1. The molecule has 0 aliphatic carbocycles. The van der Waals surface area contributed by atoms with Gasteiger partial charge in [-0.3, -0.25) is 38.0 Å². The number of H-pyrrole nitrogens is 1. The highest BCUT2D eigenvalue weighted by Gasteiger charge is 2.31. The maximum absolute atomic E-state index is 13.3. The molecule has 2 aliphatic rings. The van der Waals surface area contributed by atoms with Gasteiger partial charge in [-0.15, -0.1) is 0 Å². The lowest BCUT2D eigenvalue weighted by atomic mass is 9.90. The third kappa shape index (κ3) is 14.3. The molecule has 83 heavy (non-hydrogen) atoms. The van der Waals surface area contributed by atoms with E-state index in [0.717, 1.165) is 49.7 Å². The number of carbonyl (C=O) groups excluding carboxylic acids is 6. The second kappa shape index (κ2) is 26.9. The van der Waals surface area contributed by atoms with Gasteiger partial charge in [0.1, 0.15) is 11.6 Å². The molecule has 0 atom stereocenters. The largest absolute Gasteiger partial charge is 0.360 e. The van der Waals surface area contributed by atoms with Gasteiger partial charge in [-0.1, -0.05) is 83.9 Å². The molecule has 2 fully saturated rings. The van der Waals surface area contributed by atoms with Gasteiger partial charge in [-0.25, -0.2) is 19.3 Å². The smallest absolute Gasteiger partial charge is 0.294 e. The van der Waals surface area contributed by atoms with Gasteiger partial charge < -0.3 is 30.4 Å². The van der Waals surface area contributed by atoms with E-state index in [1.807, 2.05) is 36.4 Å². The van der Waals surface area contributed by atoms with Gasteiger partial charge in [0.05, 0.1) is 37.8 Å². The Morgan fingerprint density at radius 2 is 1.00 bits per heavy atom. The van der Waals surface area contributed by atoms with Crippen LogP contribution >= 0.6 is 30.6 Å². The number of likely N-dealkylation sites (tertiary alicyclic amines) is 2. The van der Waals surface area contributed by atoms with Crippen LogP contribution in [0, 0.1) is 23.5 Å². The molecule has 2 saturated heterocycles. The Bertz CT molecular complexity index is 3670. The summed E-state index contributed by atoms with van der Waals surface area (Å²) in [5.74, 6) is 8.42. The molecule has 4 heterocycles. The van der Waals surface area contributed by atoms with Crippen LogP contribution in [0.4, 0.5) is 8.78 Å². The number of rotatable bonds is 13. The number of Topliss-reactive ketones (excluding diaryl/α,β-unsaturated/α-hetero) is 2. The van der Waals surface area contributed by atoms with E-state index in [2.05, 4.69) is 4.98 Å². The second-order valence-electron chi connectivity index (χ2n) is 20.9. The van der Waals surface area contributed by atoms with Crippen molar-refractivity contribution in [1.82, 2.24) is 29.3 Å². The lowest BCUT2D eigenvalue weighted by Gasteiger charge is -2.32. The number of hydrogen-bond acceptors (Lipinski definition) is 10. The second-order valence-corrected chi connectivity index (χ2v) is 24.1. The van der Waals surface area contributed by atoms with Gasteiger partial charge in [-0.2, -0.15) is 0 Å². The molecular weight excluding hydrogens is 1120 g/mol. The predicted octanol–water partition coefficient (Wildman–Crippen LogP) is 9.65. The molecule has 432 valence electrons. The Morgan fingerprint density at radius 3 is 1.42 bits per heavy atom. The summed E-state index contributed by atoms with van der Waals surface area (Å²) < 4.78 is 44.9. The molecule has 10 rings (SSSR count). The maximum Gasteiger partial charge on any atom is 0.294 e. The molecule has 21 heteroatoms. The average molecular weight is 1190 g/mol. The van der Waals surface area contributed by atoms with Crippen molar-refractivity contribution in [3.05, 3.63) is 201 Å². The number of aromatic amines is 1. The molecule has 16 nitrogen and oxygen atoms in total. The van der Waals surface area contributed by atoms with E-state index in [1.165, 1.54) is 79.3 Å². The number of fused-ring (bicyclic) bond motifs is 2. The van der Waals surface area contributed by atoms with Crippen LogP contribution in [0.15, 0.2) is 146 Å². The predicted molar refractivity (Wildman–Crippen MR) is 319 cm³/mol. The Morgan fingerprint density at radius 1 is 0.590 bits per heavy atom. The summed E-state index contributed by atoms with van der Waals surface area (Å²) >= 11 is 12.8. The molecule has 0 bridgehead atoms. The van der Waals surface area contributed by atoms with E-state index >= 15 is 0 Å². The van der Waals surface area contributed by atoms with Crippen molar-refractivity contribution >= 4 is 98.2 Å². The first-order chi connectivity index (χ1) is 39.7. The summed E-state index contributed by atoms with van der Waals surface area (Å²) in [5.41, 5.74) is 4.13. The van der Waals surface area contributed by atoms with Gasteiger partial charge in [0.2, 0.25) is 0 Å². The van der Waals surface area contributed by atoms with Crippen LogP contribution in [0.25, 0.3) is 21.8 Å². The number of benzene rings is 6. The quantitative estimate of drug-likeness (QED) is 0.0327. The number of hydrogen-bond donors (Lipinski definition) is 3. The van der Waals surface area contributed by atoms with Crippen molar-refractivity contribution in [1.29, 1.82) is 0 Å². The van der Waals surface area contributed by atoms with Gasteiger partial charge in [0.25, 0.3) is 42.6 Å². The number of piperidine rings is 2. The van der Waals surface area contributed by atoms with E-state index < -0.39 is 30.7 Å². The van der Waals surface area contributed by atoms with Crippen LogP contribution in [0.1, 0.15) is 78.2 Å². The molecule has 6 aromatic carbocycles. The maximum atomic E-state index is 13.3. The van der Waals surface area contributed by atoms with Crippen molar-refractivity contribution in [2.45, 2.75) is 38.5 Å². The number of aromatic nitrogens is 2. The number of amides is 4. The van der Waals surface area contributed by atoms with Gasteiger partial charge in [0.15, 0.2) is 0 Å². The molecule has 5 N–H and O–H groups in total. The zero-order chi connectivity index (χ0) is 59.7. The summed E-state index contributed by atoms with van der Waals surface area (Å²) in [6.45, 7) is 2.33. The fraction of sp³-hybridized carbons (Fsp3) is 0.258. The molecule has 8 aromatic rings. The number of ketones is 2. The first kappa shape index (κ1) is 61.1. The highest BCUT2D eigenvalue weighted by molar-refractivity contribution is 7.74. The Balaban J connectivity index is 0.000000173. The minimum atomic E-state index is -3.13. The molecule has 0 unspecified atom stereocenters. The molecule has 2 aliphatic heterocycles. The standard InChI is InChI=1S/C25H26ClFN4O3.C25H25ClFN3O3.C12H12NO2P/c1-29(2)25(34)23(32)20-14-31(28)22-13-21(26)19(12-18(20)22)24(33)30-9-7-16(8-10-30)11-15-3-5-17(27)6-4-15;1-29(2)25(33)23(31)20-14-28-22-13-21(26)19(12-18(20)22)24(32)30-9-7-16(8-10-30)11-15-3-5-17(27)6-4-15;13-15-16(14,11-7-3-1-4-8-11)12-9-5-2-6-10-12/h3-6,12-14,16H,7-11,28H2,1-2H3;3-6,12-14,16,28H,7-11H2,1-2H3;1-10H,13H2. The van der Waals surface area contributed by atoms with Crippen LogP contribution in [0.3, 0.4) is 0 Å². The van der Waals surface area contributed by atoms with Crippen LogP contribution in [-0.4, -0.2) is 119 Å². The lowest BCUT2D eigenvalue weighted by molar-refractivity contribution is -0.124. The first-order valence-electron chi connectivity index (χ1n) is 26.8. The topological polar surface area (TPSA) is 214 Å². The SMILES string of the molecule is CN(C)C(=O)C(=O)c1c[nH]c2cc(Cl)c(C(=O)N3CCC(Cc4ccc(F)cc4)CC3)cc12.CN(C)C(=O)C(=O)c1cn(N)c2cc(Cl)c(C(=O)N3CCC(Cc4ccc(F)cc4)CC3)cc12.NOP(=O)(c1ccccc1)c1ccccc1. The monoisotopic (exact) mass is 1190 g/mol. The van der Waals surface area contributed by atoms with E-state index in [0.29, 0.717) is 81.0 Å². The lowest BCUT2D eigenvalue weighted by Crippen LogP contribution is -2.39. The third-order valence-electron chi connectivity index (χ3n) is 14.9. The zero-order valence-corrected chi connectivity index (χ0v) is 48.6. The van der Waals surface area contributed by atoms with E-state index in [-0.39, 0.29) is 45.2 Å². The van der Waals surface area contributed by atoms with Gasteiger partial charge in [-0.05, 0) is 134 Å². The number of nitrogen functional groups attached to an aromatic ring is 1. The fourth-order valence-electron chi connectivity index (χ4n) is 10.2. The van der Waals surface area contributed by atoms with Crippen molar-refractivity contribution in [2.75, 3.05) is 60.2 Å². The Kier molecular flexibility index (Phi) is 19.8. The molecule has 0 spiro atoms. The third-order valence-corrected chi connectivity index (χ3v) is 17.7. The van der Waals surface area contributed by atoms with E-state index in [1.54, 1.807) is 82.6 Å². The van der Waals surface area contributed by atoms with Gasteiger partial charge >= 0.3 is 0 Å². The van der Waals surface area contributed by atoms with Crippen molar-refractivity contribution in [2.24, 2.45) is 17.7 Å². The molecule has 2 aromatic heterocycles. The first-order valence-corrected chi connectivity index (χ1v) is 29.1. The fourth-order valence-corrected chi connectivity index (χ4v) is 12.3. The van der Waals surface area contributed by atoms with Crippen LogP contribution in [-0.2, 0) is 31.6 Å². The number of likely N-dealkylation sites (N-methyl/N-ethyl adjacent to an activating group) is 2. The number of nitrogens with zero attached hydrogens (tertiary/aromatic N) is 5. The normalized spacial score (nSPS) is 13.8. The van der Waals surface area contributed by atoms with Crippen LogP contribution in [0.2, 0.25) is 10.0 Å². The average Bonchev–Trinajstić information content (AvgIpc) is 3.97. The Hall–Kier alpha value is -7.99. The van der Waals surface area contributed by atoms with Crippen molar-refractivity contribution < 1.29 is 46.7 Å². The minimum Gasteiger partial charge on any atom is -0.360 e. The molecule has 0 radical (unpaired) electrons. The molecular formula is C62H63Cl2F2N8O8P. The minimum absolute atomic E-state index is 0.125. The van der Waals surface area contributed by atoms with Gasteiger partial charge in [0, 0.05) is 93.7 Å². The highest BCUT2D eigenvalue weighted by Crippen LogP contribution is 2.42.